The Morgan fingerprint density at radius 2 is 2.16 bits per heavy atom. The molecule has 110 valence electrons. The Kier molecular flexibility index (Phi) is 4.51. The lowest BCUT2D eigenvalue weighted by Gasteiger charge is -2.33. The predicted molar refractivity (Wildman–Crippen MR) is 77.9 cm³/mol. The molecule has 0 spiro atoms. The SMILES string of the molecule is CCCC(C)N(C)C1CCC(NC2CC2)(C(N)=O)C1. The van der Waals surface area contributed by atoms with Crippen LogP contribution in [0.2, 0.25) is 0 Å². The first-order chi connectivity index (χ1) is 8.98. The summed E-state index contributed by atoms with van der Waals surface area (Å²) in [7, 11) is 2.19. The molecule has 1 amide bonds. The number of nitrogens with two attached hydrogens (primary N) is 1. The summed E-state index contributed by atoms with van der Waals surface area (Å²) in [6, 6.07) is 1.60. The highest BCUT2D eigenvalue weighted by molar-refractivity contribution is 5.85. The van der Waals surface area contributed by atoms with Crippen LogP contribution >= 0.6 is 0 Å². The first-order valence-corrected chi connectivity index (χ1v) is 7.78. The van der Waals surface area contributed by atoms with E-state index in [9.17, 15) is 4.79 Å². The van der Waals surface area contributed by atoms with E-state index in [0.29, 0.717) is 18.1 Å². The van der Waals surface area contributed by atoms with Crippen LogP contribution in [0.5, 0.6) is 0 Å². The van der Waals surface area contributed by atoms with Gasteiger partial charge < -0.3 is 16.0 Å². The number of carbonyl (C=O) groups is 1. The van der Waals surface area contributed by atoms with E-state index in [1.165, 1.54) is 25.7 Å². The van der Waals surface area contributed by atoms with E-state index in [1.54, 1.807) is 0 Å². The third-order valence-electron chi connectivity index (χ3n) is 5.00. The maximum atomic E-state index is 11.9. The molecular weight excluding hydrogens is 238 g/mol. The van der Waals surface area contributed by atoms with E-state index in [-0.39, 0.29) is 5.91 Å². The number of amides is 1. The van der Waals surface area contributed by atoms with Crippen molar-refractivity contribution >= 4 is 5.91 Å². The lowest BCUT2D eigenvalue weighted by molar-refractivity contribution is -0.124. The zero-order chi connectivity index (χ0) is 14.0. The van der Waals surface area contributed by atoms with Crippen molar-refractivity contribution in [2.24, 2.45) is 5.73 Å². The molecule has 0 heterocycles. The highest BCUT2D eigenvalue weighted by Crippen LogP contribution is 2.36. The molecule has 0 aromatic heterocycles. The monoisotopic (exact) mass is 267 g/mol. The summed E-state index contributed by atoms with van der Waals surface area (Å²) in [5.41, 5.74) is 5.25. The molecule has 0 saturated heterocycles. The summed E-state index contributed by atoms with van der Waals surface area (Å²) in [4.78, 5) is 14.3. The Labute approximate surface area is 117 Å². The number of primary amides is 1. The Morgan fingerprint density at radius 1 is 1.47 bits per heavy atom. The second-order valence-corrected chi connectivity index (χ2v) is 6.56. The third kappa shape index (κ3) is 3.29. The van der Waals surface area contributed by atoms with Crippen LogP contribution in [-0.2, 0) is 4.79 Å². The largest absolute Gasteiger partial charge is 0.368 e. The summed E-state index contributed by atoms with van der Waals surface area (Å²) in [5.74, 6) is -0.154. The second kappa shape index (κ2) is 5.80. The van der Waals surface area contributed by atoms with Crippen molar-refractivity contribution in [1.29, 1.82) is 0 Å². The van der Waals surface area contributed by atoms with Crippen LogP contribution in [0.3, 0.4) is 0 Å². The minimum absolute atomic E-state index is 0.154. The Morgan fingerprint density at radius 3 is 2.68 bits per heavy atom. The van der Waals surface area contributed by atoms with E-state index >= 15 is 0 Å². The Hall–Kier alpha value is -0.610. The fourth-order valence-corrected chi connectivity index (χ4v) is 3.39. The number of hydrogen-bond acceptors (Lipinski definition) is 3. The van der Waals surface area contributed by atoms with Gasteiger partial charge in [-0.05, 0) is 52.5 Å². The fraction of sp³-hybridized carbons (Fsp3) is 0.933. The molecule has 2 fully saturated rings. The molecule has 19 heavy (non-hydrogen) atoms. The van der Waals surface area contributed by atoms with Gasteiger partial charge in [0.2, 0.25) is 5.91 Å². The molecular formula is C15H29N3O. The lowest BCUT2D eigenvalue weighted by Crippen LogP contribution is -2.55. The number of carbonyl (C=O) groups excluding carboxylic acids is 1. The third-order valence-corrected chi connectivity index (χ3v) is 5.00. The molecule has 4 nitrogen and oxygen atoms in total. The molecule has 3 atom stereocenters. The van der Waals surface area contributed by atoms with Gasteiger partial charge in [0.1, 0.15) is 0 Å². The average molecular weight is 267 g/mol. The fourth-order valence-electron chi connectivity index (χ4n) is 3.39. The zero-order valence-corrected chi connectivity index (χ0v) is 12.6. The highest BCUT2D eigenvalue weighted by Gasteiger charge is 2.47. The van der Waals surface area contributed by atoms with Crippen LogP contribution in [0.1, 0.15) is 58.8 Å². The summed E-state index contributed by atoms with van der Waals surface area (Å²) < 4.78 is 0. The smallest absolute Gasteiger partial charge is 0.237 e. The molecule has 0 radical (unpaired) electrons. The Bertz CT molecular complexity index is 329. The molecule has 2 aliphatic rings. The molecule has 2 saturated carbocycles. The summed E-state index contributed by atoms with van der Waals surface area (Å²) in [6.07, 6.45) is 7.67. The maximum Gasteiger partial charge on any atom is 0.237 e. The van der Waals surface area contributed by atoms with Gasteiger partial charge in [0.15, 0.2) is 0 Å². The van der Waals surface area contributed by atoms with Crippen LogP contribution in [0.25, 0.3) is 0 Å². The molecule has 2 aliphatic carbocycles. The van der Waals surface area contributed by atoms with Gasteiger partial charge in [0.25, 0.3) is 0 Å². The van der Waals surface area contributed by atoms with Crippen molar-refractivity contribution in [1.82, 2.24) is 10.2 Å². The first kappa shape index (κ1) is 14.8. The van der Waals surface area contributed by atoms with Crippen molar-refractivity contribution in [3.63, 3.8) is 0 Å². The minimum atomic E-state index is -0.438. The lowest BCUT2D eigenvalue weighted by atomic mass is 9.95. The zero-order valence-electron chi connectivity index (χ0n) is 12.6. The summed E-state index contributed by atoms with van der Waals surface area (Å²) >= 11 is 0. The standard InChI is InChI=1S/C15H29N3O/c1-4-5-11(2)18(3)13-8-9-15(10-13,14(16)19)17-12-6-7-12/h11-13,17H,4-10H2,1-3H3,(H2,16,19). The molecule has 0 aromatic rings. The van der Waals surface area contributed by atoms with Crippen molar-refractivity contribution < 1.29 is 4.79 Å². The van der Waals surface area contributed by atoms with Gasteiger partial charge in [-0.2, -0.15) is 0 Å². The van der Waals surface area contributed by atoms with Gasteiger partial charge in [0, 0.05) is 18.1 Å². The van der Waals surface area contributed by atoms with Crippen LogP contribution in [0, 0.1) is 0 Å². The van der Waals surface area contributed by atoms with E-state index in [4.69, 9.17) is 5.73 Å². The summed E-state index contributed by atoms with van der Waals surface area (Å²) in [5, 5.41) is 3.52. The van der Waals surface area contributed by atoms with Crippen molar-refractivity contribution in [2.75, 3.05) is 7.05 Å². The number of rotatable bonds is 7. The van der Waals surface area contributed by atoms with Crippen molar-refractivity contribution in [3.05, 3.63) is 0 Å². The van der Waals surface area contributed by atoms with E-state index in [2.05, 4.69) is 31.1 Å². The van der Waals surface area contributed by atoms with Gasteiger partial charge in [-0.25, -0.2) is 0 Å². The highest BCUT2D eigenvalue weighted by atomic mass is 16.1. The van der Waals surface area contributed by atoms with Gasteiger partial charge in [-0.3, -0.25) is 4.79 Å². The number of nitrogens with one attached hydrogen (secondary N) is 1. The van der Waals surface area contributed by atoms with Crippen LogP contribution in [0.4, 0.5) is 0 Å². The number of hydrogen-bond donors (Lipinski definition) is 2. The van der Waals surface area contributed by atoms with Crippen molar-refractivity contribution in [3.8, 4) is 0 Å². The van der Waals surface area contributed by atoms with Gasteiger partial charge in [-0.1, -0.05) is 13.3 Å². The maximum absolute atomic E-state index is 11.9. The predicted octanol–water partition coefficient (Wildman–Crippen LogP) is 1.64. The molecule has 0 aromatic carbocycles. The van der Waals surface area contributed by atoms with E-state index in [1.807, 2.05) is 0 Å². The van der Waals surface area contributed by atoms with Crippen molar-refractivity contribution in [2.45, 2.75) is 82.5 Å². The second-order valence-electron chi connectivity index (χ2n) is 6.56. The molecule has 3 N–H and O–H groups in total. The molecule has 3 unspecified atom stereocenters. The average Bonchev–Trinajstić information content (AvgIpc) is 3.05. The van der Waals surface area contributed by atoms with E-state index < -0.39 is 5.54 Å². The number of nitrogens with zero attached hydrogens (tertiary/aromatic N) is 1. The van der Waals surface area contributed by atoms with Crippen LogP contribution in [-0.4, -0.2) is 41.5 Å². The molecule has 0 bridgehead atoms. The molecule has 2 rings (SSSR count). The molecule has 0 aliphatic heterocycles. The molecule has 4 heteroatoms. The summed E-state index contributed by atoms with van der Waals surface area (Å²) in [6.45, 7) is 4.50. The van der Waals surface area contributed by atoms with Gasteiger partial charge in [-0.15, -0.1) is 0 Å². The quantitative estimate of drug-likeness (QED) is 0.737. The van der Waals surface area contributed by atoms with Crippen LogP contribution < -0.4 is 11.1 Å². The normalized spacial score (nSPS) is 32.7. The topological polar surface area (TPSA) is 58.4 Å². The van der Waals surface area contributed by atoms with E-state index in [0.717, 1.165) is 19.3 Å². The van der Waals surface area contributed by atoms with Gasteiger partial charge >= 0.3 is 0 Å². The van der Waals surface area contributed by atoms with Crippen LogP contribution in [0.15, 0.2) is 0 Å². The first-order valence-electron chi connectivity index (χ1n) is 7.78. The Balaban J connectivity index is 1.97. The minimum Gasteiger partial charge on any atom is -0.368 e. The van der Waals surface area contributed by atoms with Gasteiger partial charge in [0.05, 0.1) is 5.54 Å².